The van der Waals surface area contributed by atoms with Gasteiger partial charge in [0.05, 0.1) is 11.7 Å². The van der Waals surface area contributed by atoms with Gasteiger partial charge in [0, 0.05) is 5.92 Å². The van der Waals surface area contributed by atoms with E-state index in [4.69, 9.17) is 0 Å². The van der Waals surface area contributed by atoms with Gasteiger partial charge in [0.2, 0.25) is 0 Å². The fraction of sp³-hybridized carbons (Fsp3) is 0.704. The molecule has 0 aromatic carbocycles. The maximum Gasteiger partial charge on any atom is 0.0784 e. The molecule has 0 aromatic rings. The third kappa shape index (κ3) is 5.14. The lowest BCUT2D eigenvalue weighted by atomic mass is 9.63. The summed E-state index contributed by atoms with van der Waals surface area (Å²) in [5.74, 6) is 1.64. The maximum absolute atomic E-state index is 10.2. The summed E-state index contributed by atoms with van der Waals surface area (Å²) in [4.78, 5) is 0. The van der Waals surface area contributed by atoms with Gasteiger partial charge in [0.15, 0.2) is 0 Å². The van der Waals surface area contributed by atoms with Gasteiger partial charge in [-0.05, 0) is 94.5 Å². The smallest absolute Gasteiger partial charge is 0.0784 e. The summed E-state index contributed by atoms with van der Waals surface area (Å²) in [5, 5.41) is 20.3. The Labute approximate surface area is 178 Å². The summed E-state index contributed by atoms with van der Waals surface area (Å²) in [5.41, 5.74) is 3.77. The van der Waals surface area contributed by atoms with Crippen molar-refractivity contribution >= 4 is 0 Å². The van der Waals surface area contributed by atoms with Crippen LogP contribution in [0.3, 0.4) is 0 Å². The Morgan fingerprint density at radius 1 is 1.21 bits per heavy atom. The van der Waals surface area contributed by atoms with Gasteiger partial charge < -0.3 is 10.2 Å². The second kappa shape index (κ2) is 8.94. The standard InChI is InChI=1S/C27H42O2/c1-19-11-12-21(18-25(19)28)13-14-22-9-7-17-27(5)23(15-16-24(22)27)10-6-8-20(2)26(3,4)29/h6,8,13-14,20,23-25,28-29H,1,7,9-12,15-18H2,2-5H3/b8-6+,21-13-,22-14+/t20?,23?,24?,25-,27?/m1/s1. The SMILES string of the molecule is C=C1CC/C(=C/C=C2\CCCC3(C)C(C/C=C/C(C)C(C)(C)O)CCC23)C[C@H]1O. The fourth-order valence-corrected chi connectivity index (χ4v) is 5.77. The molecule has 2 heteroatoms. The van der Waals surface area contributed by atoms with E-state index in [1.807, 2.05) is 13.8 Å². The molecule has 5 atom stereocenters. The van der Waals surface area contributed by atoms with Gasteiger partial charge in [-0.1, -0.05) is 55.9 Å². The zero-order valence-electron chi connectivity index (χ0n) is 19.1. The summed E-state index contributed by atoms with van der Waals surface area (Å²) < 4.78 is 0. The monoisotopic (exact) mass is 398 g/mol. The van der Waals surface area contributed by atoms with E-state index >= 15 is 0 Å². The zero-order chi connectivity index (χ0) is 21.2. The van der Waals surface area contributed by atoms with Gasteiger partial charge in [-0.25, -0.2) is 0 Å². The minimum atomic E-state index is -0.647. The normalized spacial score (nSPS) is 37.4. The first kappa shape index (κ1) is 22.6. The summed E-state index contributed by atoms with van der Waals surface area (Å²) in [7, 11) is 0. The third-order valence-electron chi connectivity index (χ3n) is 8.35. The Kier molecular flexibility index (Phi) is 6.95. The van der Waals surface area contributed by atoms with Gasteiger partial charge in [0.25, 0.3) is 0 Å². The van der Waals surface area contributed by atoms with Crippen LogP contribution >= 0.6 is 0 Å². The molecular weight excluding hydrogens is 356 g/mol. The molecule has 3 aliphatic carbocycles. The van der Waals surface area contributed by atoms with Crippen molar-refractivity contribution in [2.45, 2.75) is 97.2 Å². The number of hydrogen-bond donors (Lipinski definition) is 2. The molecule has 3 rings (SSSR count). The highest BCUT2D eigenvalue weighted by atomic mass is 16.3. The molecule has 0 heterocycles. The van der Waals surface area contributed by atoms with Crippen LogP contribution < -0.4 is 0 Å². The molecular formula is C27H42O2. The van der Waals surface area contributed by atoms with Crippen molar-refractivity contribution in [3.8, 4) is 0 Å². The molecule has 0 aromatic heterocycles. The number of hydrogen-bond acceptors (Lipinski definition) is 2. The minimum absolute atomic E-state index is 0.183. The maximum atomic E-state index is 10.2. The fourth-order valence-electron chi connectivity index (χ4n) is 5.77. The Hall–Kier alpha value is -1.12. The summed E-state index contributed by atoms with van der Waals surface area (Å²) in [6, 6.07) is 0. The predicted molar refractivity (Wildman–Crippen MR) is 123 cm³/mol. The predicted octanol–water partition coefficient (Wildman–Crippen LogP) is 6.51. The largest absolute Gasteiger partial charge is 0.390 e. The Morgan fingerprint density at radius 2 is 1.97 bits per heavy atom. The van der Waals surface area contributed by atoms with Crippen LogP contribution in [0, 0.1) is 23.2 Å². The van der Waals surface area contributed by atoms with Crippen LogP contribution in [0.4, 0.5) is 0 Å². The quantitative estimate of drug-likeness (QED) is 0.518. The number of fused-ring (bicyclic) bond motifs is 1. The highest BCUT2D eigenvalue weighted by Gasteiger charge is 2.48. The molecule has 162 valence electrons. The molecule has 0 aliphatic heterocycles. The van der Waals surface area contributed by atoms with Crippen molar-refractivity contribution in [1.29, 1.82) is 0 Å². The first-order chi connectivity index (χ1) is 13.6. The van der Waals surface area contributed by atoms with E-state index in [1.54, 1.807) is 5.57 Å². The molecule has 0 radical (unpaired) electrons. The van der Waals surface area contributed by atoms with Crippen LogP contribution in [0.1, 0.15) is 85.5 Å². The van der Waals surface area contributed by atoms with Crippen LogP contribution in [-0.4, -0.2) is 21.9 Å². The number of aliphatic hydroxyl groups is 2. The number of allylic oxidation sites excluding steroid dienone is 4. The second-order valence-corrected chi connectivity index (χ2v) is 10.7. The van der Waals surface area contributed by atoms with Gasteiger partial charge >= 0.3 is 0 Å². The van der Waals surface area contributed by atoms with Crippen LogP contribution in [0.5, 0.6) is 0 Å². The molecule has 2 nitrogen and oxygen atoms in total. The number of aliphatic hydroxyl groups excluding tert-OH is 1. The molecule has 3 fully saturated rings. The van der Waals surface area contributed by atoms with E-state index in [0.717, 1.165) is 37.2 Å². The van der Waals surface area contributed by atoms with Gasteiger partial charge in [-0.2, -0.15) is 0 Å². The van der Waals surface area contributed by atoms with E-state index in [0.29, 0.717) is 11.3 Å². The van der Waals surface area contributed by atoms with E-state index in [2.05, 4.69) is 44.7 Å². The summed E-state index contributed by atoms with van der Waals surface area (Å²) in [6.07, 6.45) is 19.3. The van der Waals surface area contributed by atoms with Crippen molar-refractivity contribution in [2.24, 2.45) is 23.2 Å². The molecule has 0 spiro atoms. The topological polar surface area (TPSA) is 40.5 Å². The van der Waals surface area contributed by atoms with Crippen LogP contribution in [-0.2, 0) is 0 Å². The molecule has 0 bridgehead atoms. The molecule has 2 N–H and O–H groups in total. The lowest BCUT2D eigenvalue weighted by Gasteiger charge is -2.42. The average molecular weight is 399 g/mol. The van der Waals surface area contributed by atoms with Crippen LogP contribution in [0.15, 0.2) is 47.6 Å². The van der Waals surface area contributed by atoms with Crippen LogP contribution in [0.2, 0.25) is 0 Å². The van der Waals surface area contributed by atoms with E-state index < -0.39 is 5.60 Å². The van der Waals surface area contributed by atoms with Gasteiger partial charge in [0.1, 0.15) is 0 Å². The van der Waals surface area contributed by atoms with Gasteiger partial charge in [-0.3, -0.25) is 0 Å². The van der Waals surface area contributed by atoms with E-state index in [1.165, 1.54) is 37.7 Å². The van der Waals surface area contributed by atoms with Crippen molar-refractivity contribution in [1.82, 2.24) is 0 Å². The van der Waals surface area contributed by atoms with Crippen molar-refractivity contribution < 1.29 is 10.2 Å². The highest BCUT2D eigenvalue weighted by molar-refractivity contribution is 5.28. The first-order valence-corrected chi connectivity index (χ1v) is 11.7. The average Bonchev–Trinajstić information content (AvgIpc) is 2.99. The Balaban J connectivity index is 1.67. The molecule has 3 aliphatic rings. The van der Waals surface area contributed by atoms with Crippen molar-refractivity contribution in [3.63, 3.8) is 0 Å². The first-order valence-electron chi connectivity index (χ1n) is 11.7. The highest BCUT2D eigenvalue weighted by Crippen LogP contribution is 2.58. The Morgan fingerprint density at radius 3 is 2.66 bits per heavy atom. The molecule has 4 unspecified atom stereocenters. The molecule has 0 saturated heterocycles. The lowest BCUT2D eigenvalue weighted by Crippen LogP contribution is -2.33. The minimum Gasteiger partial charge on any atom is -0.390 e. The lowest BCUT2D eigenvalue weighted by molar-refractivity contribution is 0.0439. The van der Waals surface area contributed by atoms with Crippen molar-refractivity contribution in [3.05, 3.63) is 47.6 Å². The Bertz CT molecular complexity index is 690. The van der Waals surface area contributed by atoms with E-state index in [-0.39, 0.29) is 12.0 Å². The molecule has 0 amide bonds. The van der Waals surface area contributed by atoms with Gasteiger partial charge in [-0.15, -0.1) is 0 Å². The summed E-state index contributed by atoms with van der Waals surface area (Å²) >= 11 is 0. The second-order valence-electron chi connectivity index (χ2n) is 10.7. The third-order valence-corrected chi connectivity index (χ3v) is 8.35. The molecule has 29 heavy (non-hydrogen) atoms. The van der Waals surface area contributed by atoms with Crippen molar-refractivity contribution in [2.75, 3.05) is 0 Å². The number of rotatable bonds is 5. The zero-order valence-corrected chi connectivity index (χ0v) is 19.1. The van der Waals surface area contributed by atoms with Crippen LogP contribution in [0.25, 0.3) is 0 Å². The molecule has 3 saturated carbocycles. The summed E-state index contributed by atoms with van der Waals surface area (Å²) in [6.45, 7) is 12.4. The van der Waals surface area contributed by atoms with E-state index in [9.17, 15) is 10.2 Å².